The zero-order valence-corrected chi connectivity index (χ0v) is 18.5. The molecular formula is C26H27ClN2O2. The van der Waals surface area contributed by atoms with Crippen molar-refractivity contribution in [3.05, 3.63) is 76.9 Å². The van der Waals surface area contributed by atoms with Gasteiger partial charge in [-0.2, -0.15) is 0 Å². The fourth-order valence-electron chi connectivity index (χ4n) is 5.48. The van der Waals surface area contributed by atoms with Crippen LogP contribution in [0, 0.1) is 11.8 Å². The molecule has 4 nitrogen and oxygen atoms in total. The Morgan fingerprint density at radius 3 is 2.77 bits per heavy atom. The first-order valence-corrected chi connectivity index (χ1v) is 11.6. The number of esters is 1. The molecule has 3 aliphatic rings. The summed E-state index contributed by atoms with van der Waals surface area (Å²) in [5.74, 6) is 1.06. The van der Waals surface area contributed by atoms with Crippen molar-refractivity contribution in [3.63, 3.8) is 0 Å². The van der Waals surface area contributed by atoms with Gasteiger partial charge in [-0.3, -0.25) is 9.88 Å². The highest BCUT2D eigenvalue weighted by atomic mass is 35.5. The van der Waals surface area contributed by atoms with E-state index in [-0.39, 0.29) is 18.1 Å². The summed E-state index contributed by atoms with van der Waals surface area (Å²) in [6.45, 7) is 4.43. The monoisotopic (exact) mass is 434 g/mol. The predicted octanol–water partition coefficient (Wildman–Crippen LogP) is 5.91. The average molecular weight is 435 g/mol. The molecule has 0 aliphatic carbocycles. The maximum Gasteiger partial charge on any atom is 0.340 e. The number of nitrogens with zero attached hydrogens (tertiary/aromatic N) is 2. The maximum absolute atomic E-state index is 13.2. The normalized spacial score (nSPS) is 26.0. The van der Waals surface area contributed by atoms with Crippen molar-refractivity contribution in [2.24, 2.45) is 11.8 Å². The average Bonchev–Trinajstić information content (AvgIpc) is 2.82. The minimum absolute atomic E-state index is 0.166. The number of carbonyl (C=O) groups excluding carboxylic acids is 1. The largest absolute Gasteiger partial charge is 0.452 e. The molecule has 3 aliphatic heterocycles. The summed E-state index contributed by atoms with van der Waals surface area (Å²) in [5, 5.41) is 1.46. The van der Waals surface area contributed by atoms with Gasteiger partial charge in [0, 0.05) is 23.7 Å². The molecule has 2 bridgehead atoms. The first-order chi connectivity index (χ1) is 15.2. The summed E-state index contributed by atoms with van der Waals surface area (Å²) in [5.41, 5.74) is 2.35. The van der Waals surface area contributed by atoms with Crippen molar-refractivity contribution in [2.75, 3.05) is 13.1 Å². The fraction of sp³-hybridized carbons (Fsp3) is 0.385. The Balaban J connectivity index is 1.55. The molecule has 2 aromatic carbocycles. The Bertz CT molecular complexity index is 1100. The van der Waals surface area contributed by atoms with Crippen LogP contribution in [-0.4, -0.2) is 35.0 Å². The van der Waals surface area contributed by atoms with E-state index in [1.54, 1.807) is 12.1 Å². The molecule has 0 amide bonds. The number of hydrogen-bond acceptors (Lipinski definition) is 4. The third kappa shape index (κ3) is 3.83. The number of aromatic nitrogens is 1. The van der Waals surface area contributed by atoms with Crippen LogP contribution in [0.2, 0.25) is 5.02 Å². The van der Waals surface area contributed by atoms with Gasteiger partial charge in [0.25, 0.3) is 0 Å². The molecule has 6 rings (SSSR count). The third-order valence-electron chi connectivity index (χ3n) is 7.13. The number of halogens is 1. The lowest BCUT2D eigenvalue weighted by Gasteiger charge is -2.51. The smallest absolute Gasteiger partial charge is 0.340 e. The van der Waals surface area contributed by atoms with Crippen LogP contribution in [0.4, 0.5) is 0 Å². The van der Waals surface area contributed by atoms with E-state index < -0.39 is 0 Å². The highest BCUT2D eigenvalue weighted by Gasteiger charge is 2.44. The van der Waals surface area contributed by atoms with Crippen molar-refractivity contribution in [2.45, 2.75) is 38.3 Å². The second kappa shape index (κ2) is 8.60. The van der Waals surface area contributed by atoms with Gasteiger partial charge in [0.05, 0.1) is 22.1 Å². The van der Waals surface area contributed by atoms with E-state index >= 15 is 0 Å². The lowest BCUT2D eigenvalue weighted by molar-refractivity contribution is -0.0659. The van der Waals surface area contributed by atoms with Crippen LogP contribution >= 0.6 is 11.6 Å². The number of hydrogen-bond donors (Lipinski definition) is 0. The highest BCUT2D eigenvalue weighted by Crippen LogP contribution is 2.44. The summed E-state index contributed by atoms with van der Waals surface area (Å²) in [6.07, 6.45) is 4.94. The van der Waals surface area contributed by atoms with Crippen molar-refractivity contribution in [3.8, 4) is 0 Å². The van der Waals surface area contributed by atoms with Crippen LogP contribution < -0.4 is 0 Å². The van der Waals surface area contributed by atoms with Crippen molar-refractivity contribution < 1.29 is 9.53 Å². The number of pyridine rings is 1. The van der Waals surface area contributed by atoms with Crippen LogP contribution in [0.25, 0.3) is 10.9 Å². The Kier molecular flexibility index (Phi) is 5.68. The van der Waals surface area contributed by atoms with E-state index in [9.17, 15) is 4.79 Å². The second-order valence-corrected chi connectivity index (χ2v) is 9.15. The quantitative estimate of drug-likeness (QED) is 0.468. The lowest BCUT2D eigenvalue weighted by atomic mass is 9.72. The molecule has 0 saturated carbocycles. The summed E-state index contributed by atoms with van der Waals surface area (Å²) in [4.78, 5) is 20.3. The van der Waals surface area contributed by atoms with Gasteiger partial charge in [-0.1, -0.05) is 55.3 Å². The van der Waals surface area contributed by atoms with Crippen LogP contribution in [0.15, 0.2) is 60.8 Å². The van der Waals surface area contributed by atoms with Gasteiger partial charge in [-0.25, -0.2) is 4.79 Å². The van der Waals surface area contributed by atoms with Crippen LogP contribution in [0.1, 0.15) is 48.2 Å². The number of fused-ring (bicyclic) bond motifs is 4. The molecule has 5 heteroatoms. The Morgan fingerprint density at radius 1 is 1.19 bits per heavy atom. The van der Waals surface area contributed by atoms with Gasteiger partial charge in [0.2, 0.25) is 0 Å². The third-order valence-corrected chi connectivity index (χ3v) is 7.46. The van der Waals surface area contributed by atoms with E-state index in [0.29, 0.717) is 16.5 Å². The number of rotatable bonds is 5. The molecule has 1 unspecified atom stereocenters. The summed E-state index contributed by atoms with van der Waals surface area (Å²) in [6, 6.07) is 17.3. The van der Waals surface area contributed by atoms with Crippen molar-refractivity contribution >= 4 is 28.5 Å². The van der Waals surface area contributed by atoms with Crippen LogP contribution in [0.3, 0.4) is 0 Å². The molecule has 31 heavy (non-hydrogen) atoms. The number of ether oxygens (including phenoxy) is 1. The van der Waals surface area contributed by atoms with E-state index in [2.05, 4.69) is 22.9 Å². The predicted molar refractivity (Wildman–Crippen MR) is 123 cm³/mol. The van der Waals surface area contributed by atoms with Crippen molar-refractivity contribution in [1.82, 2.24) is 9.88 Å². The lowest BCUT2D eigenvalue weighted by Crippen LogP contribution is -2.55. The molecule has 3 fully saturated rings. The minimum Gasteiger partial charge on any atom is -0.452 e. The molecule has 0 radical (unpaired) electrons. The summed E-state index contributed by atoms with van der Waals surface area (Å²) >= 11 is 6.31. The van der Waals surface area contributed by atoms with Gasteiger partial charge < -0.3 is 4.74 Å². The molecule has 1 aromatic heterocycles. The molecule has 160 valence electrons. The molecular weight excluding hydrogens is 408 g/mol. The minimum atomic E-state index is -0.369. The second-order valence-electron chi connectivity index (χ2n) is 8.74. The Labute approximate surface area is 188 Å². The zero-order valence-electron chi connectivity index (χ0n) is 17.7. The van der Waals surface area contributed by atoms with Gasteiger partial charge in [0.15, 0.2) is 0 Å². The zero-order chi connectivity index (χ0) is 21.4. The van der Waals surface area contributed by atoms with Gasteiger partial charge in [-0.15, -0.1) is 0 Å². The molecule has 3 aromatic rings. The van der Waals surface area contributed by atoms with Gasteiger partial charge in [-0.05, 0) is 55.5 Å². The maximum atomic E-state index is 13.2. The van der Waals surface area contributed by atoms with Gasteiger partial charge >= 0.3 is 5.97 Å². The summed E-state index contributed by atoms with van der Waals surface area (Å²) < 4.78 is 6.28. The molecule has 4 heterocycles. The standard InChI is InChI=1S/C26H27ClN2O2/c1-2-17-16-29-14-12-18(17)15-24(29)25(31-26(30)21-8-3-5-9-22(21)27)20-11-13-28-23-10-6-4-7-19(20)23/h3-11,13,17-18,24-25H,2,12,14-16H2,1H3/t17-,18+,24+,25+/m0/s1. The Hall–Kier alpha value is -2.43. The first kappa shape index (κ1) is 20.5. The van der Waals surface area contributed by atoms with Gasteiger partial charge in [0.1, 0.15) is 6.10 Å². The summed E-state index contributed by atoms with van der Waals surface area (Å²) in [7, 11) is 0. The van der Waals surface area contributed by atoms with Crippen molar-refractivity contribution in [1.29, 1.82) is 0 Å². The van der Waals surface area contributed by atoms with E-state index in [1.165, 1.54) is 12.8 Å². The fourth-order valence-corrected chi connectivity index (χ4v) is 5.69. The first-order valence-electron chi connectivity index (χ1n) is 11.2. The number of carbonyl (C=O) groups is 1. The van der Waals surface area contributed by atoms with E-state index in [0.717, 1.165) is 41.9 Å². The number of piperidine rings is 3. The van der Waals surface area contributed by atoms with E-state index in [1.807, 2.05) is 42.6 Å². The SMILES string of the molecule is CC[C@H]1CN2CC[C@@H]1C[C@@H]2[C@H](OC(=O)c1ccccc1Cl)c1ccnc2ccccc12. The highest BCUT2D eigenvalue weighted by molar-refractivity contribution is 6.33. The molecule has 0 N–H and O–H groups in total. The van der Waals surface area contributed by atoms with Crippen LogP contribution in [0.5, 0.6) is 0 Å². The van der Waals surface area contributed by atoms with Crippen LogP contribution in [-0.2, 0) is 4.74 Å². The topological polar surface area (TPSA) is 42.4 Å². The number of benzene rings is 2. The molecule has 5 atom stereocenters. The molecule has 3 saturated heterocycles. The van der Waals surface area contributed by atoms with E-state index in [4.69, 9.17) is 16.3 Å². The Morgan fingerprint density at radius 2 is 2.00 bits per heavy atom. The molecule has 0 spiro atoms. The number of para-hydroxylation sites is 1.